The summed E-state index contributed by atoms with van der Waals surface area (Å²) < 4.78 is 6.06. The van der Waals surface area contributed by atoms with Gasteiger partial charge in [-0.05, 0) is 50.7 Å². The third-order valence-electron chi connectivity index (χ3n) is 6.01. The zero-order valence-electron chi connectivity index (χ0n) is 14.7. The van der Waals surface area contributed by atoms with Crippen LogP contribution in [0.3, 0.4) is 0 Å². The Morgan fingerprint density at radius 3 is 2.60 bits per heavy atom. The van der Waals surface area contributed by atoms with Gasteiger partial charge in [0.25, 0.3) is 5.91 Å². The fourth-order valence-electron chi connectivity index (χ4n) is 4.07. The van der Waals surface area contributed by atoms with Crippen molar-refractivity contribution >= 4 is 11.8 Å². The lowest BCUT2D eigenvalue weighted by Gasteiger charge is -2.51. The lowest BCUT2D eigenvalue weighted by molar-refractivity contribution is -0.185. The molecule has 2 amide bonds. The van der Waals surface area contributed by atoms with Crippen molar-refractivity contribution in [2.75, 3.05) is 26.2 Å². The number of likely N-dealkylation sites (tertiary alicyclic amines) is 1. The predicted molar refractivity (Wildman–Crippen MR) is 92.0 cm³/mol. The third kappa shape index (κ3) is 3.15. The first-order valence-corrected chi connectivity index (χ1v) is 9.22. The lowest BCUT2D eigenvalue weighted by atomic mass is 9.82. The van der Waals surface area contributed by atoms with E-state index in [4.69, 9.17) is 4.74 Å². The molecule has 1 aliphatic carbocycles. The molecule has 25 heavy (non-hydrogen) atoms. The highest BCUT2D eigenvalue weighted by Gasteiger charge is 2.49. The molecule has 6 heteroatoms. The molecule has 1 spiro atoms. The summed E-state index contributed by atoms with van der Waals surface area (Å²) in [4.78, 5) is 32.8. The number of rotatable bonds is 3. The van der Waals surface area contributed by atoms with Gasteiger partial charge >= 0.3 is 0 Å². The minimum Gasteiger partial charge on any atom is -0.363 e. The molecule has 3 aliphatic rings. The van der Waals surface area contributed by atoms with Gasteiger partial charge in [0.1, 0.15) is 6.61 Å². The van der Waals surface area contributed by atoms with E-state index in [1.54, 1.807) is 24.5 Å². The van der Waals surface area contributed by atoms with Gasteiger partial charge in [0.2, 0.25) is 5.91 Å². The monoisotopic (exact) mass is 343 g/mol. The summed E-state index contributed by atoms with van der Waals surface area (Å²) in [5, 5.41) is 0. The Bertz CT molecular complexity index is 651. The van der Waals surface area contributed by atoms with Crippen molar-refractivity contribution in [3.63, 3.8) is 0 Å². The Hall–Kier alpha value is -1.95. The number of morpholine rings is 1. The molecule has 1 unspecified atom stereocenters. The van der Waals surface area contributed by atoms with Crippen molar-refractivity contribution in [1.82, 2.24) is 14.8 Å². The molecule has 1 aromatic heterocycles. The van der Waals surface area contributed by atoms with Crippen LogP contribution in [0, 0.1) is 5.92 Å². The third-order valence-corrected chi connectivity index (χ3v) is 6.01. The SMILES string of the molecule is CC1N(CC2CC2)C(=O)COC12CCN(C(=O)c1ccncc1)CC2. The molecular weight excluding hydrogens is 318 g/mol. The van der Waals surface area contributed by atoms with E-state index in [2.05, 4.69) is 11.9 Å². The minimum absolute atomic E-state index is 0.0478. The van der Waals surface area contributed by atoms with Crippen LogP contribution in [-0.2, 0) is 9.53 Å². The highest BCUT2D eigenvalue weighted by atomic mass is 16.5. The number of amides is 2. The van der Waals surface area contributed by atoms with Crippen LogP contribution in [0.5, 0.6) is 0 Å². The first kappa shape index (κ1) is 16.5. The van der Waals surface area contributed by atoms with E-state index >= 15 is 0 Å². The van der Waals surface area contributed by atoms with E-state index in [1.165, 1.54) is 12.8 Å². The lowest BCUT2D eigenvalue weighted by Crippen LogP contribution is -2.64. The van der Waals surface area contributed by atoms with Crippen LogP contribution in [-0.4, -0.2) is 64.5 Å². The Balaban J connectivity index is 1.43. The summed E-state index contributed by atoms with van der Waals surface area (Å²) in [7, 11) is 0. The second kappa shape index (κ2) is 6.41. The van der Waals surface area contributed by atoms with Crippen molar-refractivity contribution in [2.45, 2.75) is 44.2 Å². The van der Waals surface area contributed by atoms with Gasteiger partial charge in [-0.1, -0.05) is 0 Å². The molecular formula is C19H25N3O3. The van der Waals surface area contributed by atoms with Gasteiger partial charge in [0.05, 0.1) is 11.6 Å². The van der Waals surface area contributed by atoms with Gasteiger partial charge in [-0.15, -0.1) is 0 Å². The van der Waals surface area contributed by atoms with E-state index in [-0.39, 0.29) is 30.1 Å². The van der Waals surface area contributed by atoms with Crippen molar-refractivity contribution in [3.8, 4) is 0 Å². The maximum Gasteiger partial charge on any atom is 0.253 e. The van der Waals surface area contributed by atoms with E-state index in [0.29, 0.717) is 24.6 Å². The summed E-state index contributed by atoms with van der Waals surface area (Å²) in [6.45, 7) is 4.48. The average molecular weight is 343 g/mol. The standard InChI is InChI=1S/C19H25N3O3/c1-14-19(25-13-17(23)22(14)12-15-2-3-15)6-10-21(11-7-19)18(24)16-4-8-20-9-5-16/h4-5,8-9,14-15H,2-3,6-7,10-13H2,1H3. The van der Waals surface area contributed by atoms with E-state index in [0.717, 1.165) is 19.4 Å². The van der Waals surface area contributed by atoms with Crippen molar-refractivity contribution in [1.29, 1.82) is 0 Å². The first-order chi connectivity index (χ1) is 12.1. The fourth-order valence-corrected chi connectivity index (χ4v) is 4.07. The molecule has 3 heterocycles. The zero-order chi connectivity index (χ0) is 17.4. The topological polar surface area (TPSA) is 62.7 Å². The maximum atomic E-state index is 12.6. The highest BCUT2D eigenvalue weighted by molar-refractivity contribution is 5.94. The number of aromatic nitrogens is 1. The Morgan fingerprint density at radius 2 is 1.96 bits per heavy atom. The second-order valence-corrected chi connectivity index (χ2v) is 7.55. The number of hydrogen-bond acceptors (Lipinski definition) is 4. The van der Waals surface area contributed by atoms with E-state index in [9.17, 15) is 9.59 Å². The maximum absolute atomic E-state index is 12.6. The number of pyridine rings is 1. The van der Waals surface area contributed by atoms with Gasteiger partial charge in [0.15, 0.2) is 0 Å². The smallest absolute Gasteiger partial charge is 0.253 e. The molecule has 3 fully saturated rings. The number of carbonyl (C=O) groups excluding carboxylic acids is 2. The van der Waals surface area contributed by atoms with Crippen LogP contribution in [0.15, 0.2) is 24.5 Å². The molecule has 2 aliphatic heterocycles. The van der Waals surface area contributed by atoms with Gasteiger partial charge in [-0.25, -0.2) is 0 Å². The second-order valence-electron chi connectivity index (χ2n) is 7.55. The number of nitrogens with zero attached hydrogens (tertiary/aromatic N) is 3. The normalized spacial score (nSPS) is 26.1. The summed E-state index contributed by atoms with van der Waals surface area (Å²) in [6.07, 6.45) is 7.31. The van der Waals surface area contributed by atoms with Gasteiger partial charge in [-0.3, -0.25) is 14.6 Å². The summed E-state index contributed by atoms with van der Waals surface area (Å²) in [6, 6.07) is 3.58. The van der Waals surface area contributed by atoms with E-state index in [1.807, 2.05) is 9.80 Å². The Kier molecular flexibility index (Phi) is 4.23. The molecule has 1 atom stereocenters. The largest absolute Gasteiger partial charge is 0.363 e. The van der Waals surface area contributed by atoms with Crippen molar-refractivity contribution < 1.29 is 14.3 Å². The summed E-state index contributed by atoms with van der Waals surface area (Å²) >= 11 is 0. The Morgan fingerprint density at radius 1 is 1.28 bits per heavy atom. The molecule has 6 nitrogen and oxygen atoms in total. The van der Waals surface area contributed by atoms with Crippen molar-refractivity contribution in [2.24, 2.45) is 5.92 Å². The molecule has 0 aromatic carbocycles. The van der Waals surface area contributed by atoms with E-state index < -0.39 is 0 Å². The van der Waals surface area contributed by atoms with Gasteiger partial charge < -0.3 is 14.5 Å². The van der Waals surface area contributed by atoms with Crippen LogP contribution in [0.1, 0.15) is 43.0 Å². The summed E-state index contributed by atoms with van der Waals surface area (Å²) in [5.41, 5.74) is 0.367. The average Bonchev–Trinajstić information content (AvgIpc) is 3.47. The summed E-state index contributed by atoms with van der Waals surface area (Å²) in [5.74, 6) is 0.835. The highest BCUT2D eigenvalue weighted by Crippen LogP contribution is 2.38. The fraction of sp³-hybridized carbons (Fsp3) is 0.632. The minimum atomic E-state index is -0.308. The van der Waals surface area contributed by atoms with Crippen LogP contribution in [0.4, 0.5) is 0 Å². The number of carbonyl (C=O) groups is 2. The molecule has 0 radical (unpaired) electrons. The molecule has 1 saturated carbocycles. The van der Waals surface area contributed by atoms with Crippen LogP contribution < -0.4 is 0 Å². The van der Waals surface area contributed by atoms with Crippen LogP contribution in [0.25, 0.3) is 0 Å². The molecule has 0 N–H and O–H groups in total. The molecule has 1 aromatic rings. The van der Waals surface area contributed by atoms with Gasteiger partial charge in [-0.2, -0.15) is 0 Å². The molecule has 0 bridgehead atoms. The van der Waals surface area contributed by atoms with Crippen LogP contribution >= 0.6 is 0 Å². The zero-order valence-corrected chi connectivity index (χ0v) is 14.7. The van der Waals surface area contributed by atoms with Crippen LogP contribution in [0.2, 0.25) is 0 Å². The molecule has 2 saturated heterocycles. The molecule has 134 valence electrons. The number of piperidine rings is 1. The molecule has 4 rings (SSSR count). The number of hydrogen-bond donors (Lipinski definition) is 0. The van der Waals surface area contributed by atoms with Gasteiger partial charge in [0, 0.05) is 37.6 Å². The first-order valence-electron chi connectivity index (χ1n) is 9.22. The number of ether oxygens (including phenoxy) is 1. The van der Waals surface area contributed by atoms with Crippen molar-refractivity contribution in [3.05, 3.63) is 30.1 Å². The quantitative estimate of drug-likeness (QED) is 0.838. The Labute approximate surface area is 148 Å². The predicted octanol–water partition coefficient (Wildman–Crippen LogP) is 1.71.